The molecule has 0 aromatic heterocycles. The Morgan fingerprint density at radius 2 is 1.38 bits per heavy atom. The predicted octanol–water partition coefficient (Wildman–Crippen LogP) is 1.32. The van der Waals surface area contributed by atoms with Crippen molar-refractivity contribution in [1.29, 1.82) is 0 Å². The Morgan fingerprint density at radius 1 is 0.952 bits per heavy atom. The molecule has 4 heteroatoms. The van der Waals surface area contributed by atoms with Gasteiger partial charge in [0.25, 0.3) is 0 Å². The van der Waals surface area contributed by atoms with Crippen molar-refractivity contribution in [1.82, 2.24) is 0 Å². The van der Waals surface area contributed by atoms with Gasteiger partial charge in [0.15, 0.2) is 0 Å². The van der Waals surface area contributed by atoms with Crippen LogP contribution < -0.4 is 16.7 Å². The lowest BCUT2D eigenvalue weighted by Gasteiger charge is -2.20. The van der Waals surface area contributed by atoms with Crippen LogP contribution in [-0.2, 0) is 9.45 Å². The molecule has 2 N–H and O–H groups in total. The second kappa shape index (κ2) is 7.09. The zero-order valence-corrected chi connectivity index (χ0v) is 12.4. The van der Waals surface area contributed by atoms with Gasteiger partial charge >= 0.3 is 12.9 Å². The summed E-state index contributed by atoms with van der Waals surface area (Å²) in [4.78, 5) is 12.2. The summed E-state index contributed by atoms with van der Waals surface area (Å²) >= 11 is 0. The Bertz CT molecular complexity index is 532. The second-order valence-electron chi connectivity index (χ2n) is 5.41. The van der Waals surface area contributed by atoms with E-state index in [4.69, 9.17) is 10.4 Å². The van der Waals surface area contributed by atoms with Crippen LogP contribution in [0.25, 0.3) is 0 Å². The minimum Gasteiger partial charge on any atom is -0.525 e. The highest BCUT2D eigenvalue weighted by Gasteiger charge is 2.28. The van der Waals surface area contributed by atoms with Gasteiger partial charge in [0.2, 0.25) is 0 Å². The molecular weight excluding hydrogens is 261 g/mol. The molecule has 0 aliphatic rings. The third-order valence-corrected chi connectivity index (χ3v) is 3.43. The van der Waals surface area contributed by atoms with E-state index in [1.165, 1.54) is 0 Å². The van der Waals surface area contributed by atoms with Crippen molar-refractivity contribution in [3.8, 4) is 0 Å². The maximum Gasteiger partial charge on any atom is 0.429 e. The second-order valence-corrected chi connectivity index (χ2v) is 5.41. The third kappa shape index (κ3) is 3.95. The van der Waals surface area contributed by atoms with E-state index in [9.17, 15) is 4.79 Å². The summed E-state index contributed by atoms with van der Waals surface area (Å²) in [6.07, 6.45) is 0. The van der Waals surface area contributed by atoms with E-state index in [2.05, 4.69) is 0 Å². The van der Waals surface area contributed by atoms with E-state index in [1.807, 2.05) is 74.5 Å². The number of nitrogens with two attached hydrogens (primary N) is 1. The molecule has 0 aliphatic heterocycles. The molecule has 0 heterocycles. The predicted molar refractivity (Wildman–Crippen MR) is 86.8 cm³/mol. The topological polar surface area (TPSA) is 52.3 Å². The Morgan fingerprint density at radius 3 is 1.76 bits per heavy atom. The molecule has 21 heavy (non-hydrogen) atoms. The first-order valence-corrected chi connectivity index (χ1v) is 7.15. The maximum absolute atomic E-state index is 12.2. The molecule has 2 aromatic carbocycles. The van der Waals surface area contributed by atoms with Gasteiger partial charge in [0.05, 0.1) is 0 Å². The van der Waals surface area contributed by atoms with E-state index in [-0.39, 0.29) is 11.9 Å². The third-order valence-electron chi connectivity index (χ3n) is 3.43. The minimum absolute atomic E-state index is 0.0460. The van der Waals surface area contributed by atoms with Crippen molar-refractivity contribution in [2.45, 2.75) is 19.9 Å². The van der Waals surface area contributed by atoms with Crippen LogP contribution in [0, 0.1) is 5.92 Å². The van der Waals surface area contributed by atoms with Gasteiger partial charge in [-0.25, -0.2) is 0 Å². The van der Waals surface area contributed by atoms with E-state index in [0.29, 0.717) is 0 Å². The van der Waals surface area contributed by atoms with Gasteiger partial charge in [-0.2, -0.15) is 0 Å². The zero-order valence-electron chi connectivity index (χ0n) is 12.4. The highest BCUT2D eigenvalue weighted by atomic mass is 16.5. The van der Waals surface area contributed by atoms with Gasteiger partial charge in [-0.3, -0.25) is 4.79 Å². The molecule has 2 aromatic rings. The Balaban J connectivity index is 2.28. The lowest BCUT2D eigenvalue weighted by atomic mass is 9.55. The summed E-state index contributed by atoms with van der Waals surface area (Å²) < 4.78 is 5.68. The molecular formula is C17H20BNO2. The molecule has 2 rings (SSSR count). The van der Waals surface area contributed by atoms with E-state index >= 15 is 0 Å². The van der Waals surface area contributed by atoms with Crippen molar-refractivity contribution < 1.29 is 9.45 Å². The maximum atomic E-state index is 12.2. The van der Waals surface area contributed by atoms with Gasteiger partial charge in [0, 0.05) is 0 Å². The minimum atomic E-state index is -0.611. The number of benzene rings is 2. The molecule has 0 aliphatic carbocycles. The SMILES string of the molecule is CC(C)[C@H](N)C(=O)OB(c1ccccc1)c1ccccc1. The fourth-order valence-corrected chi connectivity index (χ4v) is 2.05. The summed E-state index contributed by atoms with van der Waals surface area (Å²) in [7, 11) is 0. The van der Waals surface area contributed by atoms with Crippen LogP contribution in [0.3, 0.4) is 0 Å². The molecule has 0 radical (unpaired) electrons. The van der Waals surface area contributed by atoms with Gasteiger partial charge in [-0.05, 0) is 16.8 Å². The normalized spacial score (nSPS) is 12.0. The van der Waals surface area contributed by atoms with E-state index in [1.54, 1.807) is 0 Å². The fourth-order valence-electron chi connectivity index (χ4n) is 2.05. The van der Waals surface area contributed by atoms with Crippen LogP contribution in [0.4, 0.5) is 0 Å². The first-order valence-electron chi connectivity index (χ1n) is 7.15. The van der Waals surface area contributed by atoms with Gasteiger partial charge in [-0.1, -0.05) is 74.5 Å². The number of hydrogen-bond donors (Lipinski definition) is 1. The molecule has 3 nitrogen and oxygen atoms in total. The lowest BCUT2D eigenvalue weighted by molar-refractivity contribution is -0.136. The van der Waals surface area contributed by atoms with Gasteiger partial charge in [0.1, 0.15) is 6.04 Å². The Hall–Kier alpha value is -2.07. The van der Waals surface area contributed by atoms with Crippen LogP contribution in [-0.4, -0.2) is 18.9 Å². The van der Waals surface area contributed by atoms with Crippen molar-refractivity contribution in [2.24, 2.45) is 11.7 Å². The summed E-state index contributed by atoms with van der Waals surface area (Å²) in [5.41, 5.74) is 7.77. The van der Waals surface area contributed by atoms with Crippen LogP contribution in [0.5, 0.6) is 0 Å². The molecule has 0 saturated heterocycles. The highest BCUT2D eigenvalue weighted by molar-refractivity contribution is 6.81. The standard InChI is InChI=1S/C17H20BNO2/c1-13(2)16(19)17(20)21-18(14-9-5-3-6-10-14)15-11-7-4-8-12-15/h3-13,16H,19H2,1-2H3/t16-/m0/s1. The first-order chi connectivity index (χ1) is 10.1. The van der Waals surface area contributed by atoms with Crippen LogP contribution in [0.2, 0.25) is 0 Å². The number of hydrogen-bond acceptors (Lipinski definition) is 3. The van der Waals surface area contributed by atoms with Crippen LogP contribution in [0.1, 0.15) is 13.8 Å². The Kier molecular flexibility index (Phi) is 5.17. The highest BCUT2D eigenvalue weighted by Crippen LogP contribution is 2.03. The smallest absolute Gasteiger partial charge is 0.429 e. The molecule has 1 atom stereocenters. The first kappa shape index (κ1) is 15.3. The molecule has 0 spiro atoms. The van der Waals surface area contributed by atoms with Crippen molar-refractivity contribution in [2.75, 3.05) is 0 Å². The largest absolute Gasteiger partial charge is 0.525 e. The number of rotatable bonds is 5. The lowest BCUT2D eigenvalue weighted by Crippen LogP contribution is -2.50. The van der Waals surface area contributed by atoms with Crippen LogP contribution >= 0.6 is 0 Å². The Labute approximate surface area is 126 Å². The summed E-state index contributed by atoms with van der Waals surface area (Å²) in [6.45, 7) is 3.39. The quantitative estimate of drug-likeness (QED) is 0.841. The van der Waals surface area contributed by atoms with Crippen molar-refractivity contribution in [3.05, 3.63) is 60.7 Å². The summed E-state index contributed by atoms with van der Waals surface area (Å²) in [5, 5.41) is 0. The van der Waals surface area contributed by atoms with Crippen molar-refractivity contribution in [3.63, 3.8) is 0 Å². The van der Waals surface area contributed by atoms with Crippen molar-refractivity contribution >= 4 is 23.8 Å². The number of carbonyl (C=O) groups excluding carboxylic acids is 1. The fraction of sp³-hybridized carbons (Fsp3) is 0.235. The van der Waals surface area contributed by atoms with Gasteiger partial charge in [-0.15, -0.1) is 0 Å². The average Bonchev–Trinajstić information content (AvgIpc) is 2.53. The molecule has 0 fully saturated rings. The van der Waals surface area contributed by atoms with E-state index in [0.717, 1.165) is 10.9 Å². The molecule has 0 amide bonds. The van der Waals surface area contributed by atoms with Gasteiger partial charge < -0.3 is 10.4 Å². The summed E-state index contributed by atoms with van der Waals surface area (Å²) in [6, 6.07) is 18.8. The zero-order chi connectivity index (χ0) is 15.2. The number of carbonyl (C=O) groups is 1. The molecule has 0 saturated carbocycles. The van der Waals surface area contributed by atoms with Crippen LogP contribution in [0.15, 0.2) is 60.7 Å². The molecule has 0 unspecified atom stereocenters. The monoisotopic (exact) mass is 281 g/mol. The molecule has 108 valence electrons. The molecule has 0 bridgehead atoms. The average molecular weight is 281 g/mol. The summed E-state index contributed by atoms with van der Waals surface area (Å²) in [5.74, 6) is -0.326. The van der Waals surface area contributed by atoms with E-state index < -0.39 is 13.0 Å².